The lowest BCUT2D eigenvalue weighted by Gasteiger charge is -2.31. The number of aryl methyl sites for hydroxylation is 1. The van der Waals surface area contributed by atoms with Crippen molar-refractivity contribution in [2.45, 2.75) is 116 Å². The van der Waals surface area contributed by atoms with Crippen molar-refractivity contribution in [2.75, 3.05) is 18.5 Å². The van der Waals surface area contributed by atoms with Gasteiger partial charge in [0.2, 0.25) is 0 Å². The molecule has 1 unspecified atom stereocenters. The van der Waals surface area contributed by atoms with Crippen LogP contribution in [-0.4, -0.2) is 79.8 Å². The molecule has 0 radical (unpaired) electrons. The van der Waals surface area contributed by atoms with Crippen LogP contribution >= 0.6 is 20.9 Å². The third kappa shape index (κ3) is 13.3. The lowest BCUT2D eigenvalue weighted by Crippen LogP contribution is -2.46. The molecule has 5 N–H and O–H groups in total. The van der Waals surface area contributed by atoms with Crippen molar-refractivity contribution in [1.82, 2.24) is 4.90 Å². The van der Waals surface area contributed by atoms with Crippen LogP contribution in [0.3, 0.4) is 0 Å². The maximum Gasteiger partial charge on any atom is 0.175 e. The first-order chi connectivity index (χ1) is 19.3. The number of unbranched alkanes of at least 4 members (excludes halogenated alkanes) is 1. The Morgan fingerprint density at radius 2 is 1.70 bits per heavy atom. The highest BCUT2D eigenvalue weighted by Gasteiger charge is 2.42. The van der Waals surface area contributed by atoms with Crippen molar-refractivity contribution in [3.63, 3.8) is 0 Å². The molecule has 232 valence electrons. The molecule has 1 aromatic rings. The average Bonchev–Trinajstić information content (AvgIpc) is 3.42. The minimum atomic E-state index is -1.46. The van der Waals surface area contributed by atoms with E-state index in [9.17, 15) is 20.4 Å². The Bertz CT molecular complexity index is 757. The quantitative estimate of drug-likeness (QED) is 0.0779. The molecular weight excluding hydrogens is 549 g/mol. The van der Waals surface area contributed by atoms with Gasteiger partial charge >= 0.3 is 0 Å². The summed E-state index contributed by atoms with van der Waals surface area (Å²) in [5, 5.41) is 40.0. The molecule has 1 saturated heterocycles. The van der Waals surface area contributed by atoms with Gasteiger partial charge < -0.3 is 30.1 Å². The van der Waals surface area contributed by atoms with Crippen LogP contribution in [0, 0.1) is 17.8 Å². The second-order valence-corrected chi connectivity index (χ2v) is 13.0. The summed E-state index contributed by atoms with van der Waals surface area (Å²) in [5.74, 6) is 1.35. The summed E-state index contributed by atoms with van der Waals surface area (Å²) in [5.41, 5.74) is 1.40. The Morgan fingerprint density at radius 1 is 1.00 bits per heavy atom. The lowest BCUT2D eigenvalue weighted by atomic mass is 9.79. The Hall–Kier alpha value is -0.320. The first-order valence-corrected chi connectivity index (χ1v) is 17.2. The summed E-state index contributed by atoms with van der Waals surface area (Å²) in [6, 6.07) is 10.1. The molecule has 2 fully saturated rings. The monoisotopic (exact) mass is 603 g/mol. The van der Waals surface area contributed by atoms with E-state index in [1.165, 1.54) is 44.1 Å². The second-order valence-electron chi connectivity index (χ2n) is 11.4. The van der Waals surface area contributed by atoms with E-state index >= 15 is 0 Å². The number of hydrogen-bond acceptors (Lipinski definition) is 9. The Kier molecular flexibility index (Phi) is 18.4. The topological polar surface area (TPSA) is 123 Å². The molecule has 0 amide bonds. The fourth-order valence-electron chi connectivity index (χ4n) is 5.49. The molecule has 8 nitrogen and oxygen atoms in total. The van der Waals surface area contributed by atoms with Crippen LogP contribution in [0.15, 0.2) is 30.3 Å². The minimum absolute atomic E-state index is 0.0559. The van der Waals surface area contributed by atoms with Crippen molar-refractivity contribution in [3.8, 4) is 0 Å². The van der Waals surface area contributed by atoms with E-state index in [4.69, 9.17) is 13.8 Å². The van der Waals surface area contributed by atoms with Crippen molar-refractivity contribution in [1.29, 1.82) is 0 Å². The molecule has 3 rings (SSSR count). The van der Waals surface area contributed by atoms with Crippen molar-refractivity contribution >= 4 is 20.9 Å². The first kappa shape index (κ1) is 35.9. The Labute approximate surface area is 247 Å². The van der Waals surface area contributed by atoms with E-state index in [0.29, 0.717) is 31.2 Å². The van der Waals surface area contributed by atoms with Gasteiger partial charge in [-0.3, -0.25) is 9.08 Å². The number of hydrogen-bond donors (Lipinski definition) is 5. The predicted octanol–water partition coefficient (Wildman–Crippen LogP) is 4.87. The number of aliphatic hydroxyl groups excluding tert-OH is 3. The van der Waals surface area contributed by atoms with Gasteiger partial charge in [-0.15, -0.1) is 0 Å². The molecule has 2 aliphatic rings. The van der Waals surface area contributed by atoms with Crippen LogP contribution in [0.2, 0.25) is 0 Å². The zero-order valence-corrected chi connectivity index (χ0v) is 26.4. The maximum atomic E-state index is 10.7. The van der Waals surface area contributed by atoms with Crippen molar-refractivity contribution < 1.29 is 34.2 Å². The van der Waals surface area contributed by atoms with Crippen LogP contribution in [0.4, 0.5) is 0 Å². The third-order valence-electron chi connectivity index (χ3n) is 7.87. The van der Waals surface area contributed by atoms with E-state index in [1.807, 2.05) is 31.7 Å². The highest BCUT2D eigenvalue weighted by atomic mass is 32.2. The molecule has 1 aliphatic carbocycles. The first-order valence-electron chi connectivity index (χ1n) is 15.1. The molecular formula is C30H54NO7PS. The Balaban J connectivity index is 0.000000389. The van der Waals surface area contributed by atoms with Crippen LogP contribution in [0.25, 0.3) is 0 Å². The fourth-order valence-corrected chi connectivity index (χ4v) is 6.69. The Morgan fingerprint density at radius 3 is 2.30 bits per heavy atom. The average molecular weight is 604 g/mol. The second kappa shape index (κ2) is 20.6. The smallest absolute Gasteiger partial charge is 0.175 e. The van der Waals surface area contributed by atoms with Crippen LogP contribution in [0.1, 0.15) is 84.1 Å². The van der Waals surface area contributed by atoms with Gasteiger partial charge in [0.25, 0.3) is 0 Å². The van der Waals surface area contributed by atoms with Crippen LogP contribution in [-0.2, 0) is 15.3 Å². The number of rotatable bonds is 16. The zero-order valence-electron chi connectivity index (χ0n) is 24.6. The third-order valence-corrected chi connectivity index (χ3v) is 9.21. The van der Waals surface area contributed by atoms with Gasteiger partial charge in [0.15, 0.2) is 18.9 Å². The summed E-state index contributed by atoms with van der Waals surface area (Å²) >= 11 is 1.10. The summed E-state index contributed by atoms with van der Waals surface area (Å²) in [7, 11) is 0.125. The number of likely N-dealkylation sites (tertiary alicyclic amines) is 1. The maximum absolute atomic E-state index is 10.7. The van der Waals surface area contributed by atoms with Crippen molar-refractivity contribution in [2.24, 2.45) is 17.8 Å². The van der Waals surface area contributed by atoms with Crippen LogP contribution in [0.5, 0.6) is 0 Å². The SMILES string of the molecule is CC[C@H](O)O[C@H](OSC[C@@H](O)N1C[C@H](C2CCCCC2)C[C@H]1C(O)O)C(C)C.OPCCCCc1ccccc1. The lowest BCUT2D eigenvalue weighted by molar-refractivity contribution is -0.207. The molecule has 1 aliphatic heterocycles. The van der Waals surface area contributed by atoms with E-state index in [1.54, 1.807) is 0 Å². The zero-order chi connectivity index (χ0) is 29.3. The van der Waals surface area contributed by atoms with Crippen LogP contribution < -0.4 is 0 Å². The van der Waals surface area contributed by atoms with Gasteiger partial charge in [-0.2, -0.15) is 0 Å². The number of ether oxygens (including phenoxy) is 1. The largest absolute Gasteiger partial charge is 0.377 e. The predicted molar refractivity (Wildman–Crippen MR) is 164 cm³/mol. The molecule has 40 heavy (non-hydrogen) atoms. The van der Waals surface area contributed by atoms with Gasteiger partial charge in [-0.1, -0.05) is 83.2 Å². The summed E-state index contributed by atoms with van der Waals surface area (Å²) in [4.78, 5) is 10.4. The van der Waals surface area contributed by atoms with Gasteiger partial charge in [-0.05, 0) is 67.7 Å². The number of nitrogens with zero attached hydrogens (tertiary/aromatic N) is 1. The molecule has 1 saturated carbocycles. The molecule has 0 spiro atoms. The van der Waals surface area contributed by atoms with E-state index in [2.05, 4.69) is 24.3 Å². The molecule has 1 aromatic carbocycles. The number of benzene rings is 1. The highest BCUT2D eigenvalue weighted by Crippen LogP contribution is 2.39. The molecule has 10 heteroatoms. The van der Waals surface area contributed by atoms with E-state index < -0.39 is 31.1 Å². The number of aliphatic hydroxyl groups is 4. The standard InChI is InChI=1S/C20H39NO6S.C10H15OP/c1-4-18(23)26-20(13(2)3)27-28-12-17(22)21-11-15(10-16(21)19(24)25)14-8-6-5-7-9-14;11-12-9-5-4-8-10-6-2-1-3-7-10/h13-20,22-25H,4-12H2,1-3H3;1-3,6-7,11-12H,4-5,8-9H2/t15-,16+,17-,18-,20-;/m1./s1. The van der Waals surface area contributed by atoms with E-state index in [-0.39, 0.29) is 20.5 Å². The highest BCUT2D eigenvalue weighted by molar-refractivity contribution is 7.94. The van der Waals surface area contributed by atoms with Gasteiger partial charge in [0.1, 0.15) is 6.23 Å². The van der Waals surface area contributed by atoms with Gasteiger partial charge in [0, 0.05) is 21.3 Å². The minimum Gasteiger partial charge on any atom is -0.377 e. The molecule has 6 atom stereocenters. The summed E-state index contributed by atoms with van der Waals surface area (Å²) in [6.07, 6.45) is 8.11. The van der Waals surface area contributed by atoms with Crippen molar-refractivity contribution in [3.05, 3.63) is 35.9 Å². The molecule has 0 bridgehead atoms. The molecule has 0 aromatic heterocycles. The van der Waals surface area contributed by atoms with E-state index in [0.717, 1.165) is 31.0 Å². The summed E-state index contributed by atoms with van der Waals surface area (Å²) in [6.45, 7) is 6.40. The fraction of sp³-hybridized carbons (Fsp3) is 0.800. The summed E-state index contributed by atoms with van der Waals surface area (Å²) < 4.78 is 11.1. The van der Waals surface area contributed by atoms with Gasteiger partial charge in [0.05, 0.1) is 11.8 Å². The molecule has 1 heterocycles. The van der Waals surface area contributed by atoms with Gasteiger partial charge in [-0.25, -0.2) is 0 Å². The normalized spacial score (nSPS) is 23.1.